The van der Waals surface area contributed by atoms with Gasteiger partial charge in [-0.3, -0.25) is 4.90 Å². The number of halogens is 8. The van der Waals surface area contributed by atoms with E-state index in [9.17, 15) is 14.4 Å². The van der Waals surface area contributed by atoms with Crippen molar-refractivity contribution in [3.63, 3.8) is 0 Å². The van der Waals surface area contributed by atoms with Gasteiger partial charge in [-0.2, -0.15) is 41.6 Å². The number of fused-ring (bicyclic) bond motifs is 3. The van der Waals surface area contributed by atoms with Gasteiger partial charge in [0.2, 0.25) is 0 Å². The minimum atomic E-state index is -5.54. The van der Waals surface area contributed by atoms with Gasteiger partial charge in [0.05, 0.1) is 51.1 Å². The zero-order valence-electron chi connectivity index (χ0n) is 31.9. The van der Waals surface area contributed by atoms with Gasteiger partial charge in [0.15, 0.2) is 0 Å². The first kappa shape index (κ1) is 41.4. The highest BCUT2D eigenvalue weighted by molar-refractivity contribution is 7.23. The Morgan fingerprint density at radius 2 is 1.90 bits per heavy atom. The van der Waals surface area contributed by atoms with Gasteiger partial charge in [-0.25, -0.2) is 13.6 Å². The smallest absolute Gasteiger partial charge is 0.419 e. The number of carbonyl (C=O) groups is 1. The Morgan fingerprint density at radius 3 is 2.53 bits per heavy atom. The number of likely N-dealkylation sites (N-methyl/N-ethyl adjacent to an activating group) is 1. The molecule has 0 spiro atoms. The number of benzene rings is 2. The quantitative estimate of drug-likeness (QED) is 0.169. The predicted molar refractivity (Wildman–Crippen MR) is 201 cm³/mol. The number of carbonyl (C=O) groups excluding carboxylic acids is 1. The van der Waals surface area contributed by atoms with Gasteiger partial charge in [0, 0.05) is 63.6 Å². The minimum absolute atomic E-state index is 0.00439. The molecule has 2 N–H and O–H groups in total. The third kappa shape index (κ3) is 6.97. The van der Waals surface area contributed by atoms with Crippen LogP contribution in [0, 0.1) is 17.1 Å². The number of nitrogens with two attached hydrogens (primary N) is 1. The molecule has 0 radical (unpaired) electrons. The summed E-state index contributed by atoms with van der Waals surface area (Å²) >= 11 is 0.522. The van der Waals surface area contributed by atoms with Crippen LogP contribution in [0.5, 0.6) is 6.01 Å². The number of urea groups is 1. The molecule has 3 aliphatic heterocycles. The van der Waals surface area contributed by atoms with E-state index in [1.165, 1.54) is 21.8 Å². The zero-order valence-corrected chi connectivity index (χ0v) is 32.7. The molecule has 0 aliphatic carbocycles. The van der Waals surface area contributed by atoms with E-state index in [4.69, 9.17) is 15.2 Å². The SMILES string of the molecule is CCN(c1nc(OC[C@@]23CCCN2C[C@H](F)C3)nc2c(C(F)(F)F)c(-c3ccc(F)c4sc(N)c(C#N)c34)c(C(F)(F)F)cc12)[C@H]1CCN(C(=O)N(C)C)[C@@H]1COC. The van der Waals surface area contributed by atoms with Crippen LogP contribution < -0.4 is 15.4 Å². The summed E-state index contributed by atoms with van der Waals surface area (Å²) in [5, 5.41) is 8.51. The maximum atomic E-state index is 15.8. The lowest BCUT2D eigenvalue weighted by molar-refractivity contribution is -0.141. The second kappa shape index (κ2) is 15.1. The number of nitriles is 1. The molecule has 3 fully saturated rings. The Hall–Kier alpha value is -4.74. The van der Waals surface area contributed by atoms with Crippen LogP contribution in [-0.4, -0.2) is 115 Å². The van der Waals surface area contributed by atoms with Crippen molar-refractivity contribution < 1.29 is 49.4 Å². The van der Waals surface area contributed by atoms with Gasteiger partial charge < -0.3 is 29.9 Å². The van der Waals surface area contributed by atoms with Crippen molar-refractivity contribution in [3.8, 4) is 23.2 Å². The molecule has 11 nitrogen and oxygen atoms in total. The van der Waals surface area contributed by atoms with Crippen LogP contribution in [0.4, 0.5) is 50.7 Å². The molecule has 2 aromatic heterocycles. The number of aromatic nitrogens is 2. The standard InChI is InChI=1S/C38H40F8N8O3S/c1-5-53(25-9-12-54(26(25)17-56-4)35(55)51(2)3)33-21-13-23(37(41,42)43)28(20-7-8-24(40)31-27(20)22(15-47)32(48)58-31)29(38(44,45)46)30(21)49-34(50-33)57-18-36-10-6-11-52(36)16-19(39)14-36/h7-8,13,19,25-26H,5-6,9-12,14,16-18,48H2,1-4H3/t19-,25+,26-,36+/m1/s1. The van der Waals surface area contributed by atoms with Crippen LogP contribution in [0.15, 0.2) is 18.2 Å². The molecular formula is C38H40F8N8O3S. The number of alkyl halides is 7. The van der Waals surface area contributed by atoms with E-state index in [2.05, 4.69) is 9.97 Å². The number of rotatable bonds is 9. The molecule has 0 bridgehead atoms. The van der Waals surface area contributed by atoms with Crippen molar-refractivity contribution in [1.82, 2.24) is 24.7 Å². The summed E-state index contributed by atoms with van der Waals surface area (Å²) in [6.45, 7) is 2.34. The molecule has 2 amide bonds. The third-order valence-electron chi connectivity index (χ3n) is 11.5. The number of likely N-dealkylation sites (tertiary alicyclic amines) is 1. The topological polar surface area (TPSA) is 124 Å². The lowest BCUT2D eigenvalue weighted by atomic mass is 9.88. The van der Waals surface area contributed by atoms with E-state index in [0.29, 0.717) is 30.4 Å². The van der Waals surface area contributed by atoms with Gasteiger partial charge in [-0.1, -0.05) is 6.07 Å². The summed E-state index contributed by atoms with van der Waals surface area (Å²) in [6, 6.07) is 1.35. The molecule has 5 heterocycles. The van der Waals surface area contributed by atoms with Crippen LogP contribution in [0.1, 0.15) is 49.3 Å². The molecule has 4 atom stereocenters. The van der Waals surface area contributed by atoms with Crippen molar-refractivity contribution >= 4 is 49.2 Å². The molecule has 7 rings (SSSR count). The number of anilines is 2. The van der Waals surface area contributed by atoms with Crippen LogP contribution in [-0.2, 0) is 17.1 Å². The molecule has 312 valence electrons. The lowest BCUT2D eigenvalue weighted by Gasteiger charge is -2.37. The fraction of sp³-hybridized carbons (Fsp3) is 0.526. The highest BCUT2D eigenvalue weighted by atomic mass is 32.1. The Labute approximate surface area is 331 Å². The van der Waals surface area contributed by atoms with E-state index in [1.807, 2.05) is 4.90 Å². The maximum absolute atomic E-state index is 15.8. The molecule has 20 heteroatoms. The number of nitrogens with zero attached hydrogens (tertiary/aromatic N) is 7. The first-order valence-corrected chi connectivity index (χ1v) is 19.4. The molecule has 58 heavy (non-hydrogen) atoms. The summed E-state index contributed by atoms with van der Waals surface area (Å²) < 4.78 is 135. The number of thiophene rings is 1. The number of amides is 2. The van der Waals surface area contributed by atoms with E-state index in [1.54, 1.807) is 27.1 Å². The first-order chi connectivity index (χ1) is 27.3. The average molecular weight is 841 g/mol. The molecule has 0 unspecified atom stereocenters. The van der Waals surface area contributed by atoms with Crippen molar-refractivity contribution in [3.05, 3.63) is 40.7 Å². The summed E-state index contributed by atoms with van der Waals surface area (Å²) in [5.41, 5.74) is -1.96. The van der Waals surface area contributed by atoms with Crippen molar-refractivity contribution in [2.45, 2.75) is 68.8 Å². The first-order valence-electron chi connectivity index (χ1n) is 18.5. The normalized spacial score (nSPS) is 22.5. The van der Waals surface area contributed by atoms with Gasteiger partial charge in [-0.05, 0) is 50.4 Å². The monoisotopic (exact) mass is 840 g/mol. The molecule has 0 saturated carbocycles. The van der Waals surface area contributed by atoms with Crippen LogP contribution >= 0.6 is 11.3 Å². The Bertz CT molecular complexity index is 2300. The van der Waals surface area contributed by atoms with Gasteiger partial charge in [-0.15, -0.1) is 11.3 Å². The maximum Gasteiger partial charge on any atom is 0.419 e. The van der Waals surface area contributed by atoms with Crippen molar-refractivity contribution in [2.24, 2.45) is 0 Å². The van der Waals surface area contributed by atoms with E-state index in [0.717, 1.165) is 18.6 Å². The Balaban J connectivity index is 1.54. The van der Waals surface area contributed by atoms with Crippen molar-refractivity contribution in [2.75, 3.05) is 71.2 Å². The molecule has 3 aliphatic rings. The van der Waals surface area contributed by atoms with E-state index in [-0.39, 0.29) is 62.5 Å². The van der Waals surface area contributed by atoms with Gasteiger partial charge in [0.25, 0.3) is 0 Å². The average Bonchev–Trinajstić information content (AvgIpc) is 3.90. The fourth-order valence-electron chi connectivity index (χ4n) is 9.06. The second-order valence-electron chi connectivity index (χ2n) is 15.0. The predicted octanol–water partition coefficient (Wildman–Crippen LogP) is 7.69. The Morgan fingerprint density at radius 1 is 1.16 bits per heavy atom. The molecule has 3 saturated heterocycles. The summed E-state index contributed by atoms with van der Waals surface area (Å²) in [6.07, 6.45) is -10.6. The number of hydrogen-bond donors (Lipinski definition) is 1. The van der Waals surface area contributed by atoms with Crippen LogP contribution in [0.3, 0.4) is 0 Å². The van der Waals surface area contributed by atoms with Crippen molar-refractivity contribution in [1.29, 1.82) is 5.26 Å². The number of nitrogen functional groups attached to an aromatic ring is 1. The highest BCUT2D eigenvalue weighted by Gasteiger charge is 2.50. The zero-order chi connectivity index (χ0) is 42.1. The number of methoxy groups -OCH3 is 1. The minimum Gasteiger partial charge on any atom is -0.461 e. The largest absolute Gasteiger partial charge is 0.461 e. The number of hydrogen-bond acceptors (Lipinski definition) is 10. The highest BCUT2D eigenvalue weighted by Crippen LogP contribution is 2.52. The Kier molecular flexibility index (Phi) is 10.8. The van der Waals surface area contributed by atoms with Crippen LogP contribution in [0.2, 0.25) is 0 Å². The summed E-state index contributed by atoms with van der Waals surface area (Å²) in [7, 11) is 4.50. The fourth-order valence-corrected chi connectivity index (χ4v) is 10.0. The second-order valence-corrected chi connectivity index (χ2v) is 16.1. The molecular weight excluding hydrogens is 801 g/mol. The van der Waals surface area contributed by atoms with Crippen LogP contribution in [0.25, 0.3) is 32.1 Å². The molecule has 2 aromatic carbocycles. The summed E-state index contributed by atoms with van der Waals surface area (Å²) in [4.78, 5) is 28.3. The lowest BCUT2D eigenvalue weighted by Crippen LogP contribution is -2.51. The van der Waals surface area contributed by atoms with E-state index >= 15 is 30.7 Å². The molecule has 4 aromatic rings. The van der Waals surface area contributed by atoms with Gasteiger partial charge >= 0.3 is 24.4 Å². The summed E-state index contributed by atoms with van der Waals surface area (Å²) in [5.74, 6) is -1.32. The third-order valence-corrected chi connectivity index (χ3v) is 12.5. The van der Waals surface area contributed by atoms with Gasteiger partial charge in [0.1, 0.15) is 35.5 Å². The number of ether oxygens (including phenoxy) is 2. The van der Waals surface area contributed by atoms with E-state index < -0.39 is 96.8 Å².